The predicted molar refractivity (Wildman–Crippen MR) is 69.8 cm³/mol. The second-order valence-electron chi connectivity index (χ2n) is 3.27. The van der Waals surface area contributed by atoms with Gasteiger partial charge in [-0.3, -0.25) is 4.79 Å². The van der Waals surface area contributed by atoms with Gasteiger partial charge in [-0.05, 0) is 0 Å². The molecule has 0 saturated heterocycles. The summed E-state index contributed by atoms with van der Waals surface area (Å²) in [7, 11) is 1.58. The zero-order chi connectivity index (χ0) is 13.4. The Bertz CT molecular complexity index is 444. The van der Waals surface area contributed by atoms with Crippen LogP contribution in [0.15, 0.2) is 0 Å². The standard InChI is InChI=1S/C10H13ClN4O2S/c1-17-5-4-13-8(16)2-3-14-10-15-9(11)7(6-12)18-10/h2-5H2,1H3,(H,13,16)(H,14,15). The van der Waals surface area contributed by atoms with Crippen LogP contribution < -0.4 is 10.6 Å². The highest BCUT2D eigenvalue weighted by Crippen LogP contribution is 2.25. The Kier molecular flexibility index (Phi) is 6.43. The number of thiazole rings is 1. The fourth-order valence-corrected chi connectivity index (χ4v) is 2.08. The summed E-state index contributed by atoms with van der Waals surface area (Å²) >= 11 is 6.88. The molecular formula is C10H13ClN4O2S. The second-order valence-corrected chi connectivity index (χ2v) is 4.63. The van der Waals surface area contributed by atoms with Gasteiger partial charge in [-0.15, -0.1) is 0 Å². The third-order valence-electron chi connectivity index (χ3n) is 1.94. The summed E-state index contributed by atoms with van der Waals surface area (Å²) in [5, 5.41) is 15.1. The van der Waals surface area contributed by atoms with Crippen molar-refractivity contribution in [3.63, 3.8) is 0 Å². The number of hydrogen-bond acceptors (Lipinski definition) is 6. The third-order valence-corrected chi connectivity index (χ3v) is 3.25. The average molecular weight is 289 g/mol. The molecule has 0 spiro atoms. The smallest absolute Gasteiger partial charge is 0.221 e. The van der Waals surface area contributed by atoms with Gasteiger partial charge in [-0.25, -0.2) is 4.98 Å². The van der Waals surface area contributed by atoms with E-state index in [2.05, 4.69) is 15.6 Å². The zero-order valence-corrected chi connectivity index (χ0v) is 11.4. The molecule has 6 nitrogen and oxygen atoms in total. The molecule has 0 radical (unpaired) electrons. The lowest BCUT2D eigenvalue weighted by molar-refractivity contribution is -0.121. The van der Waals surface area contributed by atoms with Gasteiger partial charge in [0, 0.05) is 26.6 Å². The number of hydrogen-bond donors (Lipinski definition) is 2. The zero-order valence-electron chi connectivity index (χ0n) is 9.83. The molecule has 0 aliphatic carbocycles. The number of carbonyl (C=O) groups is 1. The summed E-state index contributed by atoms with van der Waals surface area (Å²) in [5.74, 6) is -0.0669. The molecule has 98 valence electrons. The van der Waals surface area contributed by atoms with E-state index in [1.165, 1.54) is 11.3 Å². The number of ether oxygens (including phenoxy) is 1. The Morgan fingerprint density at radius 3 is 3.00 bits per heavy atom. The minimum atomic E-state index is -0.0669. The van der Waals surface area contributed by atoms with Crippen molar-refractivity contribution < 1.29 is 9.53 Å². The lowest BCUT2D eigenvalue weighted by Crippen LogP contribution is -2.28. The fourth-order valence-electron chi connectivity index (χ4n) is 1.11. The summed E-state index contributed by atoms with van der Waals surface area (Å²) in [6.07, 6.45) is 0.322. The Balaban J connectivity index is 2.25. The Morgan fingerprint density at radius 2 is 2.39 bits per heavy atom. The number of rotatable bonds is 7. The van der Waals surface area contributed by atoms with Crippen molar-refractivity contribution in [2.24, 2.45) is 0 Å². The van der Waals surface area contributed by atoms with Crippen LogP contribution in [0.4, 0.5) is 5.13 Å². The van der Waals surface area contributed by atoms with Gasteiger partial charge < -0.3 is 15.4 Å². The number of nitrogens with one attached hydrogen (secondary N) is 2. The topological polar surface area (TPSA) is 87.0 Å². The van der Waals surface area contributed by atoms with E-state index in [0.29, 0.717) is 36.1 Å². The van der Waals surface area contributed by atoms with Crippen LogP contribution in [-0.2, 0) is 9.53 Å². The number of nitrogens with zero attached hydrogens (tertiary/aromatic N) is 2. The van der Waals surface area contributed by atoms with Gasteiger partial charge in [0.1, 0.15) is 10.9 Å². The highest BCUT2D eigenvalue weighted by Gasteiger charge is 2.08. The van der Waals surface area contributed by atoms with E-state index in [-0.39, 0.29) is 11.1 Å². The molecule has 1 heterocycles. The van der Waals surface area contributed by atoms with Crippen LogP contribution in [0.5, 0.6) is 0 Å². The monoisotopic (exact) mass is 288 g/mol. The van der Waals surface area contributed by atoms with Crippen LogP contribution in [0.25, 0.3) is 0 Å². The molecule has 18 heavy (non-hydrogen) atoms. The first-order chi connectivity index (χ1) is 8.67. The molecule has 0 aromatic carbocycles. The van der Waals surface area contributed by atoms with E-state index in [1.54, 1.807) is 7.11 Å². The molecule has 1 aromatic heterocycles. The van der Waals surface area contributed by atoms with Crippen molar-refractivity contribution in [3.05, 3.63) is 10.0 Å². The number of carbonyl (C=O) groups excluding carboxylic acids is 1. The normalized spacial score (nSPS) is 9.83. The van der Waals surface area contributed by atoms with Crippen LogP contribution in [0.2, 0.25) is 5.15 Å². The van der Waals surface area contributed by atoms with Crippen molar-refractivity contribution in [2.45, 2.75) is 6.42 Å². The molecule has 0 bridgehead atoms. The number of anilines is 1. The minimum absolute atomic E-state index is 0.0669. The number of amides is 1. The third kappa shape index (κ3) is 4.87. The summed E-state index contributed by atoms with van der Waals surface area (Å²) in [5.41, 5.74) is 0. The second kappa shape index (κ2) is 7.87. The van der Waals surface area contributed by atoms with Crippen LogP contribution in [0.1, 0.15) is 11.3 Å². The maximum Gasteiger partial charge on any atom is 0.221 e. The van der Waals surface area contributed by atoms with Crippen molar-refractivity contribution in [1.29, 1.82) is 5.26 Å². The van der Waals surface area contributed by atoms with Crippen molar-refractivity contribution in [1.82, 2.24) is 10.3 Å². The summed E-state index contributed by atoms with van der Waals surface area (Å²) in [4.78, 5) is 15.7. The molecule has 8 heteroatoms. The molecule has 1 aromatic rings. The van der Waals surface area contributed by atoms with Crippen molar-refractivity contribution in [2.75, 3.05) is 32.1 Å². The molecule has 2 N–H and O–H groups in total. The Hall–Kier alpha value is -1.36. The molecule has 0 atom stereocenters. The molecule has 0 fully saturated rings. The fraction of sp³-hybridized carbons (Fsp3) is 0.500. The van der Waals surface area contributed by atoms with Gasteiger partial charge in [0.2, 0.25) is 5.91 Å². The molecule has 0 unspecified atom stereocenters. The van der Waals surface area contributed by atoms with E-state index >= 15 is 0 Å². The van der Waals surface area contributed by atoms with E-state index in [0.717, 1.165) is 0 Å². The SMILES string of the molecule is COCCNC(=O)CCNc1nc(Cl)c(C#N)s1. The maximum absolute atomic E-state index is 11.3. The molecule has 0 aliphatic heterocycles. The number of aromatic nitrogens is 1. The van der Waals surface area contributed by atoms with Gasteiger partial charge in [0.15, 0.2) is 10.3 Å². The van der Waals surface area contributed by atoms with Crippen molar-refractivity contribution >= 4 is 34.0 Å². The van der Waals surface area contributed by atoms with Gasteiger partial charge in [-0.1, -0.05) is 22.9 Å². The van der Waals surface area contributed by atoms with Crippen molar-refractivity contribution in [3.8, 4) is 6.07 Å². The number of methoxy groups -OCH3 is 1. The quantitative estimate of drug-likeness (QED) is 0.737. The van der Waals surface area contributed by atoms with E-state index in [9.17, 15) is 4.79 Å². The largest absolute Gasteiger partial charge is 0.383 e. The highest BCUT2D eigenvalue weighted by molar-refractivity contribution is 7.16. The summed E-state index contributed by atoms with van der Waals surface area (Å²) in [6.45, 7) is 1.43. The minimum Gasteiger partial charge on any atom is -0.383 e. The van der Waals surface area contributed by atoms with E-state index in [4.69, 9.17) is 21.6 Å². The van der Waals surface area contributed by atoms with Crippen LogP contribution in [-0.4, -0.2) is 37.7 Å². The maximum atomic E-state index is 11.3. The first-order valence-electron chi connectivity index (χ1n) is 5.23. The van der Waals surface area contributed by atoms with Gasteiger partial charge in [-0.2, -0.15) is 5.26 Å². The average Bonchev–Trinajstić information content (AvgIpc) is 2.70. The van der Waals surface area contributed by atoms with Crippen LogP contribution in [0, 0.1) is 11.3 Å². The van der Waals surface area contributed by atoms with Crippen LogP contribution >= 0.6 is 22.9 Å². The number of halogens is 1. The van der Waals surface area contributed by atoms with Gasteiger partial charge in [0.25, 0.3) is 0 Å². The summed E-state index contributed by atoms with van der Waals surface area (Å²) in [6, 6.07) is 1.94. The number of nitriles is 1. The summed E-state index contributed by atoms with van der Waals surface area (Å²) < 4.78 is 4.81. The van der Waals surface area contributed by atoms with E-state index < -0.39 is 0 Å². The first kappa shape index (κ1) is 14.7. The highest BCUT2D eigenvalue weighted by atomic mass is 35.5. The Labute approximate surface area is 114 Å². The molecule has 0 saturated carbocycles. The molecule has 0 aliphatic rings. The molecular weight excluding hydrogens is 276 g/mol. The lowest BCUT2D eigenvalue weighted by atomic mass is 10.4. The Morgan fingerprint density at radius 1 is 1.61 bits per heavy atom. The molecule has 1 rings (SSSR count). The first-order valence-corrected chi connectivity index (χ1v) is 6.42. The van der Waals surface area contributed by atoms with Gasteiger partial charge >= 0.3 is 0 Å². The van der Waals surface area contributed by atoms with E-state index in [1.807, 2.05) is 6.07 Å². The predicted octanol–water partition coefficient (Wildman–Crippen LogP) is 1.23. The van der Waals surface area contributed by atoms with Crippen LogP contribution in [0.3, 0.4) is 0 Å². The molecule has 1 amide bonds. The van der Waals surface area contributed by atoms with Gasteiger partial charge in [0.05, 0.1) is 6.61 Å². The lowest BCUT2D eigenvalue weighted by Gasteiger charge is -2.04.